The average molecular weight is 396 g/mol. The highest BCUT2D eigenvalue weighted by Crippen LogP contribution is 2.58. The summed E-state index contributed by atoms with van der Waals surface area (Å²) in [6.07, 6.45) is 3.85. The molecule has 0 unspecified atom stereocenters. The first-order valence-corrected chi connectivity index (χ1v) is 10.5. The monoisotopic (exact) mass is 396 g/mol. The molecular formula is C20H32N2O6. The number of fused-ring (bicyclic) bond motifs is 1. The van der Waals surface area contributed by atoms with Crippen LogP contribution in [-0.2, 0) is 23.9 Å². The number of aliphatic hydroxyl groups excluding tert-OH is 1. The van der Waals surface area contributed by atoms with E-state index in [2.05, 4.69) is 5.32 Å². The lowest BCUT2D eigenvalue weighted by Gasteiger charge is -2.33. The SMILES string of the molecule is CCCCNC(=O)[C@@H]1N(CCCCO)C(=O)[C@H]2[C@H](C(=O)OCC)[C@@H]3CC[C@]12O3. The number of hydrogen-bond acceptors (Lipinski definition) is 6. The molecule has 1 spiro atoms. The fourth-order valence-corrected chi connectivity index (χ4v) is 5.08. The normalized spacial score (nSPS) is 33.2. The summed E-state index contributed by atoms with van der Waals surface area (Å²) < 4.78 is 11.5. The molecular weight excluding hydrogens is 364 g/mol. The minimum atomic E-state index is -0.950. The van der Waals surface area contributed by atoms with Crippen LogP contribution in [0.5, 0.6) is 0 Å². The van der Waals surface area contributed by atoms with Gasteiger partial charge in [-0.3, -0.25) is 14.4 Å². The maximum absolute atomic E-state index is 13.3. The van der Waals surface area contributed by atoms with Gasteiger partial charge in [-0.15, -0.1) is 0 Å². The van der Waals surface area contributed by atoms with Crippen LogP contribution in [0.1, 0.15) is 52.4 Å². The number of carbonyl (C=O) groups is 3. The van der Waals surface area contributed by atoms with Crippen molar-refractivity contribution < 1.29 is 29.0 Å². The number of rotatable bonds is 10. The second-order valence-corrected chi connectivity index (χ2v) is 7.91. The largest absolute Gasteiger partial charge is 0.466 e. The molecule has 158 valence electrons. The molecule has 8 nitrogen and oxygen atoms in total. The number of ether oxygens (including phenoxy) is 2. The van der Waals surface area contributed by atoms with Crippen molar-refractivity contribution >= 4 is 17.8 Å². The van der Waals surface area contributed by atoms with Crippen molar-refractivity contribution in [1.82, 2.24) is 10.2 Å². The number of unbranched alkanes of at least 4 members (excludes halogenated alkanes) is 2. The zero-order chi connectivity index (χ0) is 20.3. The Morgan fingerprint density at radius 3 is 2.79 bits per heavy atom. The molecule has 3 saturated heterocycles. The van der Waals surface area contributed by atoms with Crippen molar-refractivity contribution in [3.63, 3.8) is 0 Å². The number of esters is 1. The number of hydrogen-bond donors (Lipinski definition) is 2. The van der Waals surface area contributed by atoms with Gasteiger partial charge in [0.25, 0.3) is 0 Å². The topological polar surface area (TPSA) is 105 Å². The molecule has 0 aromatic carbocycles. The predicted octanol–water partition coefficient (Wildman–Crippen LogP) is 0.613. The Labute approximate surface area is 165 Å². The van der Waals surface area contributed by atoms with Crippen LogP contribution in [0.15, 0.2) is 0 Å². The molecule has 0 saturated carbocycles. The summed E-state index contributed by atoms with van der Waals surface area (Å²) in [6.45, 7) is 4.99. The first kappa shape index (κ1) is 21.0. The summed E-state index contributed by atoms with van der Waals surface area (Å²) in [6, 6.07) is -0.732. The van der Waals surface area contributed by atoms with Crippen LogP contribution in [0.25, 0.3) is 0 Å². The van der Waals surface area contributed by atoms with Gasteiger partial charge in [-0.2, -0.15) is 0 Å². The van der Waals surface area contributed by atoms with Gasteiger partial charge in [0.2, 0.25) is 11.8 Å². The van der Waals surface area contributed by atoms with Gasteiger partial charge in [0.15, 0.2) is 0 Å². The van der Waals surface area contributed by atoms with E-state index < -0.39 is 29.4 Å². The zero-order valence-electron chi connectivity index (χ0n) is 16.8. The lowest BCUT2D eigenvalue weighted by Crippen LogP contribution is -2.55. The fraction of sp³-hybridized carbons (Fsp3) is 0.850. The fourth-order valence-electron chi connectivity index (χ4n) is 5.08. The molecule has 0 aromatic rings. The molecule has 3 fully saturated rings. The second-order valence-electron chi connectivity index (χ2n) is 7.91. The van der Waals surface area contributed by atoms with Crippen molar-refractivity contribution in [2.75, 3.05) is 26.3 Å². The van der Waals surface area contributed by atoms with E-state index in [1.54, 1.807) is 11.8 Å². The van der Waals surface area contributed by atoms with Crippen molar-refractivity contribution in [2.45, 2.75) is 70.1 Å². The van der Waals surface area contributed by atoms with Gasteiger partial charge in [-0.05, 0) is 39.0 Å². The van der Waals surface area contributed by atoms with Crippen LogP contribution in [-0.4, -0.2) is 71.8 Å². The van der Waals surface area contributed by atoms with Crippen LogP contribution in [0.3, 0.4) is 0 Å². The molecule has 3 aliphatic rings. The third kappa shape index (κ3) is 3.41. The van der Waals surface area contributed by atoms with Gasteiger partial charge < -0.3 is 24.8 Å². The highest BCUT2D eigenvalue weighted by molar-refractivity contribution is 5.98. The summed E-state index contributed by atoms with van der Waals surface area (Å²) in [7, 11) is 0. The molecule has 3 aliphatic heterocycles. The van der Waals surface area contributed by atoms with Crippen LogP contribution < -0.4 is 5.32 Å². The quantitative estimate of drug-likeness (QED) is 0.414. The minimum absolute atomic E-state index is 0.0357. The smallest absolute Gasteiger partial charge is 0.312 e. The predicted molar refractivity (Wildman–Crippen MR) is 100 cm³/mol. The van der Waals surface area contributed by atoms with Crippen LogP contribution in [0.4, 0.5) is 0 Å². The first-order chi connectivity index (χ1) is 13.5. The Balaban J connectivity index is 1.88. The summed E-state index contributed by atoms with van der Waals surface area (Å²) in [5, 5.41) is 12.0. The number of amides is 2. The molecule has 0 aliphatic carbocycles. The molecule has 0 radical (unpaired) electrons. The minimum Gasteiger partial charge on any atom is -0.466 e. The Morgan fingerprint density at radius 1 is 1.32 bits per heavy atom. The third-order valence-electron chi connectivity index (χ3n) is 6.24. The first-order valence-electron chi connectivity index (χ1n) is 10.5. The van der Waals surface area contributed by atoms with Gasteiger partial charge in [0.05, 0.1) is 24.5 Å². The molecule has 2 amide bonds. The molecule has 5 atom stereocenters. The Kier molecular flexibility index (Phi) is 6.60. The third-order valence-corrected chi connectivity index (χ3v) is 6.24. The average Bonchev–Trinajstić information content (AvgIpc) is 3.30. The molecule has 28 heavy (non-hydrogen) atoms. The van der Waals surface area contributed by atoms with E-state index in [1.165, 1.54) is 0 Å². The van der Waals surface area contributed by atoms with E-state index in [9.17, 15) is 14.4 Å². The van der Waals surface area contributed by atoms with Crippen LogP contribution in [0, 0.1) is 11.8 Å². The summed E-state index contributed by atoms with van der Waals surface area (Å²) in [5.41, 5.74) is -0.950. The van der Waals surface area contributed by atoms with Gasteiger partial charge in [-0.25, -0.2) is 0 Å². The Hall–Kier alpha value is -1.67. The van der Waals surface area contributed by atoms with Gasteiger partial charge in [-0.1, -0.05) is 13.3 Å². The molecule has 8 heteroatoms. The summed E-state index contributed by atoms with van der Waals surface area (Å²) in [5.74, 6) is -2.13. The number of nitrogens with zero attached hydrogens (tertiary/aromatic N) is 1. The Morgan fingerprint density at radius 2 is 2.11 bits per heavy atom. The molecule has 2 N–H and O–H groups in total. The Bertz CT molecular complexity index is 612. The lowest BCUT2D eigenvalue weighted by atomic mass is 9.71. The molecule has 2 bridgehead atoms. The molecule has 0 aromatic heterocycles. The maximum Gasteiger partial charge on any atom is 0.312 e. The highest BCUT2D eigenvalue weighted by atomic mass is 16.6. The van der Waals surface area contributed by atoms with Gasteiger partial charge >= 0.3 is 5.97 Å². The summed E-state index contributed by atoms with van der Waals surface area (Å²) in [4.78, 5) is 40.6. The number of carbonyl (C=O) groups excluding carboxylic acids is 3. The summed E-state index contributed by atoms with van der Waals surface area (Å²) >= 11 is 0. The molecule has 3 rings (SSSR count). The van der Waals surface area contributed by atoms with E-state index in [4.69, 9.17) is 14.6 Å². The van der Waals surface area contributed by atoms with Crippen molar-refractivity contribution in [1.29, 1.82) is 0 Å². The van der Waals surface area contributed by atoms with Crippen molar-refractivity contribution in [3.05, 3.63) is 0 Å². The van der Waals surface area contributed by atoms with E-state index >= 15 is 0 Å². The van der Waals surface area contributed by atoms with Crippen molar-refractivity contribution in [2.24, 2.45) is 11.8 Å². The maximum atomic E-state index is 13.3. The van der Waals surface area contributed by atoms with Gasteiger partial charge in [0, 0.05) is 19.7 Å². The number of aliphatic hydroxyl groups is 1. The standard InChI is InChI=1S/C20H32N2O6/c1-3-5-10-21-17(24)16-20-9-8-13(28-20)14(19(26)27-4-2)15(20)18(25)22(16)11-6-7-12-23/h13-16,23H,3-12H2,1-2H3,(H,21,24)/t13-,14+,15+,16-,20+/m0/s1. The zero-order valence-corrected chi connectivity index (χ0v) is 16.8. The second kappa shape index (κ2) is 8.78. The highest BCUT2D eigenvalue weighted by Gasteiger charge is 2.74. The van der Waals surface area contributed by atoms with Crippen molar-refractivity contribution in [3.8, 4) is 0 Å². The lowest BCUT2D eigenvalue weighted by molar-refractivity contribution is -0.154. The van der Waals surface area contributed by atoms with Gasteiger partial charge in [0.1, 0.15) is 11.6 Å². The van der Waals surface area contributed by atoms with E-state index in [0.29, 0.717) is 38.8 Å². The molecule has 3 heterocycles. The van der Waals surface area contributed by atoms with E-state index in [1.807, 2.05) is 6.92 Å². The van der Waals surface area contributed by atoms with Crippen LogP contribution >= 0.6 is 0 Å². The van der Waals surface area contributed by atoms with E-state index in [0.717, 1.165) is 12.8 Å². The number of likely N-dealkylation sites (tertiary alicyclic amines) is 1. The van der Waals surface area contributed by atoms with E-state index in [-0.39, 0.29) is 31.1 Å². The number of nitrogens with one attached hydrogen (secondary N) is 1. The van der Waals surface area contributed by atoms with Crippen LogP contribution in [0.2, 0.25) is 0 Å².